The third-order valence-electron chi connectivity index (χ3n) is 5.85. The maximum atomic E-state index is 6.15. The maximum absolute atomic E-state index is 6.15. The Bertz CT molecular complexity index is 652. The Morgan fingerprint density at radius 2 is 1.69 bits per heavy atom. The van der Waals surface area contributed by atoms with E-state index in [0.717, 1.165) is 24.0 Å². The van der Waals surface area contributed by atoms with Gasteiger partial charge in [0.2, 0.25) is 0 Å². The maximum Gasteiger partial charge on any atom is 0.122 e. The van der Waals surface area contributed by atoms with Crippen molar-refractivity contribution >= 4 is 0 Å². The molecule has 0 radical (unpaired) electrons. The normalized spacial score (nSPS) is 16.4. The Kier molecular flexibility index (Phi) is 7.17. The minimum Gasteiger partial charge on any atom is -0.489 e. The van der Waals surface area contributed by atoms with Gasteiger partial charge in [0, 0.05) is 0 Å². The van der Waals surface area contributed by atoms with E-state index >= 15 is 0 Å². The fourth-order valence-electron chi connectivity index (χ4n) is 4.21. The van der Waals surface area contributed by atoms with Crippen LogP contribution in [0.25, 0.3) is 0 Å². The molecule has 1 unspecified atom stereocenters. The second-order valence-electron chi connectivity index (χ2n) is 8.27. The summed E-state index contributed by atoms with van der Waals surface area (Å²) in [6.07, 6.45) is 11.1. The number of hydrogen-bond acceptors (Lipinski definition) is 1. The van der Waals surface area contributed by atoms with Crippen molar-refractivity contribution in [3.63, 3.8) is 0 Å². The first kappa shape index (κ1) is 19.0. The largest absolute Gasteiger partial charge is 0.489 e. The van der Waals surface area contributed by atoms with Gasteiger partial charge < -0.3 is 4.74 Å². The molecule has 0 N–H and O–H groups in total. The topological polar surface area (TPSA) is 9.23 Å². The van der Waals surface area contributed by atoms with Gasteiger partial charge in [-0.1, -0.05) is 87.1 Å². The van der Waals surface area contributed by atoms with E-state index in [1.807, 2.05) is 0 Å². The Morgan fingerprint density at radius 3 is 2.46 bits per heavy atom. The van der Waals surface area contributed by atoms with Crippen LogP contribution in [-0.2, 0) is 13.0 Å². The Labute approximate surface area is 159 Å². The molecule has 0 spiro atoms. The highest BCUT2D eigenvalue weighted by Crippen LogP contribution is 2.31. The quantitative estimate of drug-likeness (QED) is 0.493. The van der Waals surface area contributed by atoms with Gasteiger partial charge in [-0.15, -0.1) is 0 Å². The lowest BCUT2D eigenvalue weighted by Crippen LogP contribution is -2.11. The standard InChI is InChI=1S/C25H34O/c1-20-12-15-23(16-13-20)19-26-25-11-7-6-10-24(25)17-14-21(2)18-22-8-4-3-5-9-22/h6-7,10-13,15-16,21-22H,3-5,8-9,14,17-19H2,1-2H3. The molecule has 1 fully saturated rings. The minimum absolute atomic E-state index is 0.648. The number of hydrogen-bond donors (Lipinski definition) is 0. The van der Waals surface area contributed by atoms with Gasteiger partial charge in [-0.25, -0.2) is 0 Å². The lowest BCUT2D eigenvalue weighted by atomic mass is 9.82. The van der Waals surface area contributed by atoms with Gasteiger partial charge in [-0.3, -0.25) is 0 Å². The van der Waals surface area contributed by atoms with E-state index in [9.17, 15) is 0 Å². The van der Waals surface area contributed by atoms with Crippen molar-refractivity contribution in [1.29, 1.82) is 0 Å². The molecule has 0 heterocycles. The van der Waals surface area contributed by atoms with E-state index in [1.54, 1.807) is 0 Å². The van der Waals surface area contributed by atoms with Crippen LogP contribution in [-0.4, -0.2) is 0 Å². The molecule has 1 heteroatoms. The fraction of sp³-hybridized carbons (Fsp3) is 0.520. The summed E-state index contributed by atoms with van der Waals surface area (Å²) >= 11 is 0. The highest BCUT2D eigenvalue weighted by Gasteiger charge is 2.16. The van der Waals surface area contributed by atoms with Crippen LogP contribution in [0.2, 0.25) is 0 Å². The van der Waals surface area contributed by atoms with E-state index in [4.69, 9.17) is 4.74 Å². The van der Waals surface area contributed by atoms with Crippen molar-refractivity contribution < 1.29 is 4.74 Å². The molecule has 2 aromatic carbocycles. The lowest BCUT2D eigenvalue weighted by Gasteiger charge is -2.24. The van der Waals surface area contributed by atoms with Gasteiger partial charge in [-0.05, 0) is 55.2 Å². The van der Waals surface area contributed by atoms with E-state index in [0.29, 0.717) is 6.61 Å². The molecular weight excluding hydrogens is 316 g/mol. The summed E-state index contributed by atoms with van der Waals surface area (Å²) in [7, 11) is 0. The molecule has 1 nitrogen and oxygen atoms in total. The molecule has 1 saturated carbocycles. The molecule has 140 valence electrons. The monoisotopic (exact) mass is 350 g/mol. The second-order valence-corrected chi connectivity index (χ2v) is 8.27. The highest BCUT2D eigenvalue weighted by atomic mass is 16.5. The highest BCUT2D eigenvalue weighted by molar-refractivity contribution is 5.34. The molecule has 1 atom stereocenters. The van der Waals surface area contributed by atoms with Gasteiger partial charge >= 0.3 is 0 Å². The molecule has 2 aromatic rings. The van der Waals surface area contributed by atoms with Crippen LogP contribution in [0.4, 0.5) is 0 Å². The molecule has 3 rings (SSSR count). The van der Waals surface area contributed by atoms with Crippen molar-refractivity contribution in [1.82, 2.24) is 0 Å². The first-order valence-electron chi connectivity index (χ1n) is 10.5. The summed E-state index contributed by atoms with van der Waals surface area (Å²) in [6, 6.07) is 17.2. The molecule has 0 aliphatic heterocycles. The molecular formula is C25H34O. The second kappa shape index (κ2) is 9.80. The number of para-hydroxylation sites is 1. The van der Waals surface area contributed by atoms with Gasteiger partial charge in [0.15, 0.2) is 0 Å². The summed E-state index contributed by atoms with van der Waals surface area (Å²) < 4.78 is 6.15. The SMILES string of the molecule is Cc1ccc(COc2ccccc2CCC(C)CC2CCCCC2)cc1. The Morgan fingerprint density at radius 1 is 0.962 bits per heavy atom. The molecule has 1 aliphatic rings. The van der Waals surface area contributed by atoms with E-state index in [2.05, 4.69) is 62.4 Å². The van der Waals surface area contributed by atoms with Gasteiger partial charge in [0.1, 0.15) is 12.4 Å². The molecule has 1 aliphatic carbocycles. The lowest BCUT2D eigenvalue weighted by molar-refractivity contribution is 0.286. The van der Waals surface area contributed by atoms with Crippen LogP contribution in [0.15, 0.2) is 48.5 Å². The smallest absolute Gasteiger partial charge is 0.122 e. The average molecular weight is 351 g/mol. The predicted molar refractivity (Wildman–Crippen MR) is 111 cm³/mol. The molecule has 0 bridgehead atoms. The molecule has 0 saturated heterocycles. The van der Waals surface area contributed by atoms with E-state index < -0.39 is 0 Å². The van der Waals surface area contributed by atoms with E-state index in [1.165, 1.54) is 61.6 Å². The third kappa shape index (κ3) is 5.90. The first-order chi connectivity index (χ1) is 12.7. The minimum atomic E-state index is 0.648. The van der Waals surface area contributed by atoms with Crippen molar-refractivity contribution in [2.24, 2.45) is 11.8 Å². The number of benzene rings is 2. The molecule has 26 heavy (non-hydrogen) atoms. The van der Waals surface area contributed by atoms with Crippen molar-refractivity contribution in [3.05, 3.63) is 65.2 Å². The van der Waals surface area contributed by atoms with Crippen molar-refractivity contribution in [2.75, 3.05) is 0 Å². The van der Waals surface area contributed by atoms with Crippen LogP contribution in [0.5, 0.6) is 5.75 Å². The zero-order valence-electron chi connectivity index (χ0n) is 16.5. The van der Waals surface area contributed by atoms with Gasteiger partial charge in [0.05, 0.1) is 0 Å². The van der Waals surface area contributed by atoms with Crippen LogP contribution in [0.3, 0.4) is 0 Å². The number of aryl methyl sites for hydroxylation is 2. The zero-order chi connectivity index (χ0) is 18.2. The summed E-state index contributed by atoms with van der Waals surface area (Å²) in [6.45, 7) is 5.20. The van der Waals surface area contributed by atoms with Gasteiger partial charge in [0.25, 0.3) is 0 Å². The number of rotatable bonds is 8. The zero-order valence-corrected chi connectivity index (χ0v) is 16.5. The van der Waals surface area contributed by atoms with Crippen LogP contribution in [0.1, 0.15) is 68.6 Å². The fourth-order valence-corrected chi connectivity index (χ4v) is 4.21. The van der Waals surface area contributed by atoms with E-state index in [-0.39, 0.29) is 0 Å². The van der Waals surface area contributed by atoms with Crippen LogP contribution in [0, 0.1) is 18.8 Å². The molecule has 0 aromatic heterocycles. The predicted octanol–water partition coefficient (Wildman–Crippen LogP) is 7.11. The number of ether oxygens (including phenoxy) is 1. The van der Waals surface area contributed by atoms with Crippen molar-refractivity contribution in [2.45, 2.75) is 71.8 Å². The van der Waals surface area contributed by atoms with Crippen molar-refractivity contribution in [3.8, 4) is 5.75 Å². The van der Waals surface area contributed by atoms with Crippen LogP contribution < -0.4 is 4.74 Å². The Balaban J connectivity index is 1.50. The summed E-state index contributed by atoms with van der Waals surface area (Å²) in [5.74, 6) is 2.84. The summed E-state index contributed by atoms with van der Waals surface area (Å²) in [5, 5.41) is 0. The third-order valence-corrected chi connectivity index (χ3v) is 5.85. The summed E-state index contributed by atoms with van der Waals surface area (Å²) in [5.41, 5.74) is 3.88. The first-order valence-corrected chi connectivity index (χ1v) is 10.5. The average Bonchev–Trinajstić information content (AvgIpc) is 2.67. The summed E-state index contributed by atoms with van der Waals surface area (Å²) in [4.78, 5) is 0. The van der Waals surface area contributed by atoms with Crippen LogP contribution >= 0.6 is 0 Å². The van der Waals surface area contributed by atoms with Gasteiger partial charge in [-0.2, -0.15) is 0 Å². The molecule has 0 amide bonds. The Hall–Kier alpha value is -1.76.